The maximum absolute atomic E-state index is 12.6. The highest BCUT2D eigenvalue weighted by molar-refractivity contribution is 8.15. The number of nitrogens with one attached hydrogen (secondary N) is 1. The van der Waals surface area contributed by atoms with Gasteiger partial charge in [0.05, 0.1) is 5.69 Å². The van der Waals surface area contributed by atoms with Gasteiger partial charge >= 0.3 is 0 Å². The number of amides is 2. The number of nitrogens with zero attached hydrogens (tertiary/aromatic N) is 2. The molecule has 1 saturated heterocycles. The van der Waals surface area contributed by atoms with Crippen molar-refractivity contribution in [3.63, 3.8) is 0 Å². The molecule has 0 spiro atoms. The van der Waals surface area contributed by atoms with Crippen LogP contribution in [0.4, 0.5) is 11.4 Å². The number of carbonyl (C=O) groups is 2. The summed E-state index contributed by atoms with van der Waals surface area (Å²) in [5, 5.41) is 3.15. The van der Waals surface area contributed by atoms with Gasteiger partial charge in [-0.1, -0.05) is 48.5 Å². The van der Waals surface area contributed by atoms with E-state index in [-0.39, 0.29) is 18.2 Å². The normalized spacial score (nSPS) is 17.8. The predicted octanol–water partition coefficient (Wildman–Crippen LogP) is 4.76. The highest BCUT2D eigenvalue weighted by Gasteiger charge is 2.37. The topological polar surface area (TPSA) is 61.8 Å². The number of rotatable bonds is 5. The largest absolute Gasteiger partial charge is 0.326 e. The van der Waals surface area contributed by atoms with E-state index in [1.54, 1.807) is 11.9 Å². The summed E-state index contributed by atoms with van der Waals surface area (Å²) in [4.78, 5) is 31.4. The molecule has 0 radical (unpaired) electrons. The molecular formula is C23H27N3O2S. The third kappa shape index (κ3) is 4.88. The van der Waals surface area contributed by atoms with Gasteiger partial charge in [0.1, 0.15) is 5.25 Å². The van der Waals surface area contributed by atoms with Gasteiger partial charge in [0.2, 0.25) is 11.8 Å². The fourth-order valence-corrected chi connectivity index (χ4v) is 4.60. The zero-order valence-corrected chi connectivity index (χ0v) is 18.4. The number of aliphatic imine (C=N–C) groups is 1. The van der Waals surface area contributed by atoms with Gasteiger partial charge in [0.25, 0.3) is 0 Å². The molecule has 1 heterocycles. The lowest BCUT2D eigenvalue weighted by molar-refractivity contribution is -0.127. The van der Waals surface area contributed by atoms with Crippen LogP contribution in [-0.2, 0) is 16.0 Å². The van der Waals surface area contributed by atoms with Gasteiger partial charge < -0.3 is 5.32 Å². The van der Waals surface area contributed by atoms with Crippen molar-refractivity contribution in [3.8, 4) is 0 Å². The zero-order chi connectivity index (χ0) is 21.1. The summed E-state index contributed by atoms with van der Waals surface area (Å²) >= 11 is 1.35. The number of amidine groups is 1. The van der Waals surface area contributed by atoms with Gasteiger partial charge in [-0.15, -0.1) is 0 Å². The Morgan fingerprint density at radius 1 is 1.14 bits per heavy atom. The number of anilines is 1. The van der Waals surface area contributed by atoms with Crippen molar-refractivity contribution in [2.75, 3.05) is 12.4 Å². The summed E-state index contributed by atoms with van der Waals surface area (Å²) in [7, 11) is 1.71. The minimum Gasteiger partial charge on any atom is -0.326 e. The molecular weight excluding hydrogens is 382 g/mol. The van der Waals surface area contributed by atoms with E-state index in [0.29, 0.717) is 5.17 Å². The molecule has 29 heavy (non-hydrogen) atoms. The molecule has 2 aromatic rings. The lowest BCUT2D eigenvalue weighted by Gasteiger charge is -2.14. The molecule has 1 fully saturated rings. The molecule has 0 aliphatic carbocycles. The first-order valence-electron chi connectivity index (χ1n) is 9.78. The van der Waals surface area contributed by atoms with E-state index >= 15 is 0 Å². The summed E-state index contributed by atoms with van der Waals surface area (Å²) in [5.74, 6) is -0.251. The van der Waals surface area contributed by atoms with Crippen molar-refractivity contribution in [2.45, 2.75) is 45.8 Å². The predicted molar refractivity (Wildman–Crippen MR) is 121 cm³/mol. The average Bonchev–Trinajstić information content (AvgIpc) is 2.93. The molecule has 0 bridgehead atoms. The monoisotopic (exact) mass is 409 g/mol. The Morgan fingerprint density at radius 2 is 1.76 bits per heavy atom. The zero-order valence-electron chi connectivity index (χ0n) is 17.6. The van der Waals surface area contributed by atoms with Gasteiger partial charge in [-0.25, -0.2) is 4.99 Å². The van der Waals surface area contributed by atoms with Gasteiger partial charge in [0, 0.05) is 19.2 Å². The summed E-state index contributed by atoms with van der Waals surface area (Å²) in [6.07, 6.45) is 1.09. The van der Waals surface area contributed by atoms with E-state index in [1.807, 2.05) is 57.2 Å². The Kier molecular flexibility index (Phi) is 6.42. The molecule has 0 saturated carbocycles. The minimum atomic E-state index is -0.459. The molecule has 2 aromatic carbocycles. The van der Waals surface area contributed by atoms with Crippen molar-refractivity contribution in [3.05, 3.63) is 58.7 Å². The van der Waals surface area contributed by atoms with Crippen LogP contribution in [0.15, 0.2) is 41.4 Å². The fourth-order valence-electron chi connectivity index (χ4n) is 3.45. The van der Waals surface area contributed by atoms with E-state index < -0.39 is 5.25 Å². The van der Waals surface area contributed by atoms with E-state index in [2.05, 4.69) is 17.2 Å². The SMILES string of the molecule is CCc1ccc(N=C2SC(CC(=O)Nc3c(C)cc(C)cc3C)C(=O)N2C)cc1. The second-order valence-corrected chi connectivity index (χ2v) is 8.61. The number of aryl methyl sites for hydroxylation is 4. The van der Waals surface area contributed by atoms with E-state index in [1.165, 1.54) is 17.3 Å². The Hall–Kier alpha value is -2.60. The van der Waals surface area contributed by atoms with Crippen molar-refractivity contribution in [2.24, 2.45) is 4.99 Å². The molecule has 152 valence electrons. The second kappa shape index (κ2) is 8.82. The van der Waals surface area contributed by atoms with Gasteiger partial charge in [-0.3, -0.25) is 14.5 Å². The molecule has 0 aromatic heterocycles. The van der Waals surface area contributed by atoms with Crippen molar-refractivity contribution >= 4 is 40.1 Å². The Bertz CT molecular complexity index is 944. The number of carbonyl (C=O) groups excluding carboxylic acids is 2. The molecule has 1 aliphatic heterocycles. The second-order valence-electron chi connectivity index (χ2n) is 7.44. The Morgan fingerprint density at radius 3 is 2.34 bits per heavy atom. The van der Waals surface area contributed by atoms with Crippen LogP contribution in [0.2, 0.25) is 0 Å². The maximum atomic E-state index is 12.6. The van der Waals surface area contributed by atoms with E-state index in [4.69, 9.17) is 0 Å². The first-order chi connectivity index (χ1) is 13.8. The summed E-state index contributed by atoms with van der Waals surface area (Å²) in [6.45, 7) is 8.10. The molecule has 1 aliphatic rings. The first-order valence-corrected chi connectivity index (χ1v) is 10.7. The van der Waals surface area contributed by atoms with Crippen LogP contribution in [0.25, 0.3) is 0 Å². The average molecular weight is 410 g/mol. The van der Waals surface area contributed by atoms with Crippen molar-refractivity contribution < 1.29 is 9.59 Å². The quantitative estimate of drug-likeness (QED) is 0.774. The van der Waals surface area contributed by atoms with Crippen LogP contribution in [0.5, 0.6) is 0 Å². The van der Waals surface area contributed by atoms with Crippen molar-refractivity contribution in [1.29, 1.82) is 0 Å². The van der Waals surface area contributed by atoms with Crippen LogP contribution in [-0.4, -0.2) is 34.2 Å². The number of benzene rings is 2. The van der Waals surface area contributed by atoms with E-state index in [0.717, 1.165) is 34.5 Å². The summed E-state index contributed by atoms with van der Waals surface area (Å²) < 4.78 is 0. The molecule has 2 amide bonds. The number of thioether (sulfide) groups is 1. The molecule has 5 nitrogen and oxygen atoms in total. The van der Waals surface area contributed by atoms with Gasteiger partial charge in [-0.05, 0) is 56.0 Å². The fraction of sp³-hybridized carbons (Fsp3) is 0.348. The highest BCUT2D eigenvalue weighted by Crippen LogP contribution is 2.31. The molecule has 3 rings (SSSR count). The van der Waals surface area contributed by atoms with E-state index in [9.17, 15) is 9.59 Å². The Balaban J connectivity index is 1.69. The number of hydrogen-bond acceptors (Lipinski definition) is 4. The lowest BCUT2D eigenvalue weighted by Crippen LogP contribution is -2.30. The van der Waals surface area contributed by atoms with Gasteiger partial charge in [-0.2, -0.15) is 0 Å². The lowest BCUT2D eigenvalue weighted by atomic mass is 10.0. The van der Waals surface area contributed by atoms with Crippen LogP contribution in [0.1, 0.15) is 35.6 Å². The smallest absolute Gasteiger partial charge is 0.242 e. The third-order valence-electron chi connectivity index (χ3n) is 5.02. The van der Waals surface area contributed by atoms with Crippen LogP contribution in [0, 0.1) is 20.8 Å². The van der Waals surface area contributed by atoms with Gasteiger partial charge in [0.15, 0.2) is 5.17 Å². The summed E-state index contributed by atoms with van der Waals surface area (Å²) in [6, 6.07) is 12.1. The maximum Gasteiger partial charge on any atom is 0.242 e. The Labute approximate surface area is 176 Å². The molecule has 6 heteroatoms. The molecule has 1 N–H and O–H groups in total. The summed E-state index contributed by atoms with van der Waals surface area (Å²) in [5.41, 5.74) is 6.09. The van der Waals surface area contributed by atoms with Crippen LogP contribution < -0.4 is 5.32 Å². The molecule has 1 atom stereocenters. The third-order valence-corrected chi connectivity index (χ3v) is 6.25. The first kappa shape index (κ1) is 21.1. The molecule has 1 unspecified atom stereocenters. The van der Waals surface area contributed by atoms with Crippen molar-refractivity contribution in [1.82, 2.24) is 4.90 Å². The minimum absolute atomic E-state index is 0.0913. The van der Waals surface area contributed by atoms with Crippen LogP contribution in [0.3, 0.4) is 0 Å². The number of hydrogen-bond donors (Lipinski definition) is 1. The van der Waals surface area contributed by atoms with Crippen LogP contribution >= 0.6 is 11.8 Å². The standard InChI is InChI=1S/C23H27N3O2S/c1-6-17-7-9-18(10-8-17)24-23-26(5)22(28)19(29-23)13-20(27)25-21-15(3)11-14(2)12-16(21)4/h7-12,19H,6,13H2,1-5H3,(H,25,27). The highest BCUT2D eigenvalue weighted by atomic mass is 32.2.